The molecule has 0 aliphatic carbocycles. The number of aliphatic hydroxyl groups is 2. The first-order valence-electron chi connectivity index (χ1n) is 16.4. The van der Waals surface area contributed by atoms with E-state index in [9.17, 15) is 0 Å². The van der Waals surface area contributed by atoms with Gasteiger partial charge in [0.2, 0.25) is 0 Å². The van der Waals surface area contributed by atoms with E-state index in [2.05, 4.69) is 34.9 Å². The zero-order valence-corrected chi connectivity index (χ0v) is 28.2. The zero-order valence-electron chi connectivity index (χ0n) is 28.2. The number of hydrogen-bond donors (Lipinski definition) is 6. The fourth-order valence-electron chi connectivity index (χ4n) is 5.59. The molecule has 0 saturated carbocycles. The van der Waals surface area contributed by atoms with Crippen LogP contribution in [-0.4, -0.2) is 55.5 Å². The molecule has 0 spiro atoms. The third-order valence-corrected chi connectivity index (χ3v) is 7.93. The summed E-state index contributed by atoms with van der Waals surface area (Å²) in [5.41, 5.74) is 7.91. The summed E-state index contributed by atoms with van der Waals surface area (Å²) in [6.45, 7) is -1.56. The van der Waals surface area contributed by atoms with Gasteiger partial charge in [-0.1, -0.05) is 72.8 Å². The molecule has 0 saturated heterocycles. The number of benzene rings is 6. The zero-order chi connectivity index (χ0) is 37.2. The summed E-state index contributed by atoms with van der Waals surface area (Å²) < 4.78 is 6.19. The lowest BCUT2D eigenvalue weighted by Crippen LogP contribution is -1.98. The average Bonchev–Trinajstić information content (AvgIpc) is 3.19. The van der Waals surface area contributed by atoms with Crippen LogP contribution in [0.15, 0.2) is 146 Å². The molecule has 264 valence electrons. The second kappa shape index (κ2) is 16.8. The van der Waals surface area contributed by atoms with E-state index in [1.807, 2.05) is 121 Å². The van der Waals surface area contributed by atoms with E-state index >= 15 is 0 Å². The van der Waals surface area contributed by atoms with Crippen LogP contribution < -0.4 is 15.4 Å². The van der Waals surface area contributed by atoms with Crippen molar-refractivity contribution in [1.29, 1.82) is 0 Å². The molecule has 0 atom stereocenters. The van der Waals surface area contributed by atoms with Crippen molar-refractivity contribution in [3.8, 4) is 11.5 Å². The third-order valence-electron chi connectivity index (χ3n) is 7.93. The number of ether oxygens (including phenoxy) is 1. The Bertz CT molecular complexity index is 2240. The highest BCUT2D eigenvalue weighted by molar-refractivity contribution is 6.09. The molecule has 6 N–H and O–H groups in total. The van der Waals surface area contributed by atoms with Gasteiger partial charge in [-0.3, -0.25) is 0 Å². The maximum absolute atomic E-state index is 9.12. The lowest BCUT2D eigenvalue weighted by molar-refractivity contribution is -0.141. The van der Waals surface area contributed by atoms with Gasteiger partial charge in [-0.25, -0.2) is 19.6 Å². The van der Waals surface area contributed by atoms with Crippen LogP contribution in [-0.2, 0) is 9.59 Å². The van der Waals surface area contributed by atoms with Gasteiger partial charge in [0.05, 0.1) is 33.4 Å². The Hall–Kier alpha value is -7.08. The molecule has 2 aromatic heterocycles. The van der Waals surface area contributed by atoms with E-state index in [4.69, 9.17) is 44.7 Å². The Morgan fingerprint density at radius 2 is 0.717 bits per heavy atom. The van der Waals surface area contributed by atoms with E-state index in [-0.39, 0.29) is 0 Å². The van der Waals surface area contributed by atoms with Gasteiger partial charge in [0.25, 0.3) is 0 Å². The first-order chi connectivity index (χ1) is 25.8. The van der Waals surface area contributed by atoms with Gasteiger partial charge in [-0.2, -0.15) is 0 Å². The van der Waals surface area contributed by atoms with Gasteiger partial charge in [0, 0.05) is 32.9 Å². The number of nitrogens with zero attached hydrogens (tertiary/aromatic N) is 2. The quantitative estimate of drug-likeness (QED) is 0.0836. The van der Waals surface area contributed by atoms with Crippen molar-refractivity contribution in [2.75, 3.05) is 23.8 Å². The molecular weight excluding hydrogens is 672 g/mol. The first-order valence-corrected chi connectivity index (χ1v) is 16.4. The summed E-state index contributed by atoms with van der Waals surface area (Å²) in [4.78, 5) is 27.9. The van der Waals surface area contributed by atoms with Crippen molar-refractivity contribution < 1.29 is 34.8 Å². The molecule has 11 heteroatoms. The van der Waals surface area contributed by atoms with Gasteiger partial charge < -0.3 is 35.8 Å². The van der Waals surface area contributed by atoms with Crippen LogP contribution in [0.25, 0.3) is 43.6 Å². The number of rotatable bonds is 8. The van der Waals surface area contributed by atoms with E-state index in [0.29, 0.717) is 0 Å². The molecule has 0 fully saturated rings. The van der Waals surface area contributed by atoms with E-state index in [1.165, 1.54) is 0 Å². The SMILES string of the molecule is O=C(O)CO.O=C(O)CO.c1ccc2c(Nc3ccc(Oc4ccc(Nc5c6ccccc6nc6ccccc56)cc4)cc3)c3ccccc3nc2c1. The molecule has 8 rings (SSSR count). The fourth-order valence-corrected chi connectivity index (χ4v) is 5.59. The lowest BCUT2D eigenvalue weighted by atomic mass is 10.1. The smallest absolute Gasteiger partial charge is 0.329 e. The number of carbonyl (C=O) groups is 2. The lowest BCUT2D eigenvalue weighted by Gasteiger charge is -2.14. The van der Waals surface area contributed by atoms with Crippen LogP contribution in [0.1, 0.15) is 0 Å². The Kier molecular flexibility index (Phi) is 11.3. The summed E-state index contributed by atoms with van der Waals surface area (Å²) in [6.07, 6.45) is 0. The van der Waals surface area contributed by atoms with Gasteiger partial charge in [0.1, 0.15) is 24.7 Å². The van der Waals surface area contributed by atoms with Crippen LogP contribution in [0.3, 0.4) is 0 Å². The molecule has 0 aliphatic rings. The normalized spacial score (nSPS) is 10.5. The standard InChI is InChI=1S/C38H26N4O.2C2H4O3/c1-5-13-33-29(9-1)37(30-10-2-6-14-34(30)41-33)39-25-17-21-27(22-18-25)43-28-23-19-26(20-24-28)40-38-31-11-3-7-15-35(31)42-36-16-8-4-12-32(36)38;2*3-1-2(4)5/h1-24H,(H,39,41)(H,40,42);2*3H,1H2,(H,4,5). The molecule has 53 heavy (non-hydrogen) atoms. The van der Waals surface area contributed by atoms with E-state index < -0.39 is 25.2 Å². The minimum absolute atomic E-state index is 0.766. The highest BCUT2D eigenvalue weighted by atomic mass is 16.5. The van der Waals surface area contributed by atoms with Crippen LogP contribution in [0, 0.1) is 0 Å². The number of aliphatic carboxylic acids is 2. The average molecular weight is 707 g/mol. The summed E-state index contributed by atoms with van der Waals surface area (Å²) in [6, 6.07) is 48.9. The van der Waals surface area contributed by atoms with Crippen molar-refractivity contribution >= 4 is 78.3 Å². The molecule has 0 radical (unpaired) electrons. The highest BCUT2D eigenvalue weighted by Crippen LogP contribution is 2.35. The van der Waals surface area contributed by atoms with Crippen LogP contribution in [0.4, 0.5) is 22.7 Å². The molecule has 0 amide bonds. The summed E-state index contributed by atoms with van der Waals surface area (Å²) in [5.74, 6) is -0.848. The molecule has 11 nitrogen and oxygen atoms in total. The first kappa shape index (κ1) is 35.7. The maximum atomic E-state index is 9.12. The third kappa shape index (κ3) is 8.81. The Morgan fingerprint density at radius 3 is 0.981 bits per heavy atom. The second-order valence-electron chi connectivity index (χ2n) is 11.5. The predicted molar refractivity (Wildman–Crippen MR) is 207 cm³/mol. The van der Waals surface area contributed by atoms with Gasteiger partial charge in [-0.15, -0.1) is 0 Å². The monoisotopic (exact) mass is 706 g/mol. The number of aromatic nitrogens is 2. The van der Waals surface area contributed by atoms with Crippen LogP contribution in [0.2, 0.25) is 0 Å². The number of pyridine rings is 2. The van der Waals surface area contributed by atoms with Gasteiger partial charge in [0.15, 0.2) is 0 Å². The maximum Gasteiger partial charge on any atom is 0.329 e. The Labute approximate surface area is 303 Å². The molecule has 8 aromatic rings. The molecular formula is C42H34N4O7. The molecule has 0 unspecified atom stereocenters. The van der Waals surface area contributed by atoms with Crippen molar-refractivity contribution in [2.45, 2.75) is 0 Å². The molecule has 6 aromatic carbocycles. The van der Waals surface area contributed by atoms with Gasteiger partial charge in [-0.05, 0) is 72.8 Å². The minimum atomic E-state index is -1.19. The van der Waals surface area contributed by atoms with Crippen molar-refractivity contribution in [1.82, 2.24) is 9.97 Å². The van der Waals surface area contributed by atoms with E-state index in [1.54, 1.807) is 0 Å². The topological polar surface area (TPSA) is 174 Å². The number of hydrogen-bond acceptors (Lipinski definition) is 9. The second-order valence-corrected chi connectivity index (χ2v) is 11.5. The largest absolute Gasteiger partial charge is 0.480 e. The Balaban J connectivity index is 0.000000428. The number of para-hydroxylation sites is 4. The Morgan fingerprint density at radius 1 is 0.453 bits per heavy atom. The number of nitrogens with one attached hydrogen (secondary N) is 2. The number of fused-ring (bicyclic) bond motifs is 4. The molecule has 0 aliphatic heterocycles. The number of anilines is 4. The molecule has 0 bridgehead atoms. The number of carboxylic acids is 2. The number of carboxylic acid groups (broad SMARTS) is 2. The number of aliphatic hydroxyl groups excluding tert-OH is 2. The summed E-state index contributed by atoms with van der Waals surface area (Å²) >= 11 is 0. The predicted octanol–water partition coefficient (Wildman–Crippen LogP) is 8.50. The molecule has 2 heterocycles. The summed E-state index contributed by atoms with van der Waals surface area (Å²) in [5, 5.41) is 41.6. The van der Waals surface area contributed by atoms with Gasteiger partial charge >= 0.3 is 11.9 Å². The highest BCUT2D eigenvalue weighted by Gasteiger charge is 2.11. The van der Waals surface area contributed by atoms with Crippen LogP contribution in [0.5, 0.6) is 11.5 Å². The summed E-state index contributed by atoms with van der Waals surface area (Å²) in [7, 11) is 0. The van der Waals surface area contributed by atoms with Crippen molar-refractivity contribution in [3.63, 3.8) is 0 Å². The fraction of sp³-hybridized carbons (Fsp3) is 0.0476. The minimum Gasteiger partial charge on any atom is -0.480 e. The van der Waals surface area contributed by atoms with Crippen LogP contribution >= 0.6 is 0 Å². The van der Waals surface area contributed by atoms with E-state index in [0.717, 1.165) is 77.9 Å². The van der Waals surface area contributed by atoms with Crippen molar-refractivity contribution in [2.24, 2.45) is 0 Å². The van der Waals surface area contributed by atoms with Crippen molar-refractivity contribution in [3.05, 3.63) is 146 Å².